The second-order valence-corrected chi connectivity index (χ2v) is 11.5. The monoisotopic (exact) mass is 576 g/mol. The van der Waals surface area contributed by atoms with Crippen LogP contribution in [0.25, 0.3) is 0 Å². The highest BCUT2D eigenvalue weighted by molar-refractivity contribution is 7.99. The molecular formula is C29H31Cl3N2O2S. The molecule has 0 fully saturated rings. The molecule has 8 heteroatoms. The van der Waals surface area contributed by atoms with Gasteiger partial charge < -0.3 is 10.2 Å². The topological polar surface area (TPSA) is 49.4 Å². The van der Waals surface area contributed by atoms with Crippen molar-refractivity contribution in [3.8, 4) is 0 Å². The van der Waals surface area contributed by atoms with Crippen LogP contribution in [0.2, 0.25) is 15.1 Å². The van der Waals surface area contributed by atoms with Gasteiger partial charge in [0.2, 0.25) is 11.8 Å². The van der Waals surface area contributed by atoms with Crippen molar-refractivity contribution in [1.82, 2.24) is 10.2 Å². The van der Waals surface area contributed by atoms with Gasteiger partial charge in [0.25, 0.3) is 0 Å². The molecule has 0 radical (unpaired) electrons. The summed E-state index contributed by atoms with van der Waals surface area (Å²) in [5.41, 5.74) is 1.72. The summed E-state index contributed by atoms with van der Waals surface area (Å²) in [5.74, 6) is 0.486. The van der Waals surface area contributed by atoms with Crippen LogP contribution in [0, 0.1) is 0 Å². The van der Waals surface area contributed by atoms with Gasteiger partial charge in [0, 0.05) is 45.4 Å². The maximum Gasteiger partial charge on any atom is 0.243 e. The Morgan fingerprint density at radius 1 is 0.919 bits per heavy atom. The maximum absolute atomic E-state index is 13.7. The van der Waals surface area contributed by atoms with Crippen LogP contribution < -0.4 is 5.32 Å². The summed E-state index contributed by atoms with van der Waals surface area (Å²) in [6, 6.07) is 21.8. The molecule has 0 unspecified atom stereocenters. The standard InChI is InChI=1S/C29H31Cl3N2O2S/c1-20(2)33-29(36)27(17-21-7-4-3-5-8-21)34(19-22-10-11-24(31)18-26(22)32)28(35)9-6-16-37-25-14-12-23(30)13-15-25/h3-5,7-8,10-15,18,20,27H,6,9,16-17,19H2,1-2H3,(H,33,36)/t27-/m0/s1. The molecule has 0 aromatic heterocycles. The van der Waals surface area contributed by atoms with Crippen LogP contribution in [0.1, 0.15) is 37.8 Å². The number of carbonyl (C=O) groups is 2. The fourth-order valence-corrected chi connectivity index (χ4v) is 5.30. The average molecular weight is 578 g/mol. The summed E-state index contributed by atoms with van der Waals surface area (Å²) in [4.78, 5) is 29.8. The largest absolute Gasteiger partial charge is 0.352 e. The predicted molar refractivity (Wildman–Crippen MR) is 156 cm³/mol. The Labute approximate surface area is 238 Å². The number of nitrogens with zero attached hydrogens (tertiary/aromatic N) is 1. The minimum absolute atomic E-state index is 0.0578. The Balaban J connectivity index is 1.81. The summed E-state index contributed by atoms with van der Waals surface area (Å²) in [5, 5.41) is 4.68. The fourth-order valence-electron chi connectivity index (χ4n) is 3.86. The number of halogens is 3. The van der Waals surface area contributed by atoms with E-state index in [0.717, 1.165) is 21.8 Å². The first-order valence-corrected chi connectivity index (χ1v) is 14.3. The third-order valence-corrected chi connectivity index (χ3v) is 7.61. The van der Waals surface area contributed by atoms with E-state index in [2.05, 4.69) is 5.32 Å². The molecule has 3 rings (SSSR count). The molecule has 37 heavy (non-hydrogen) atoms. The lowest BCUT2D eigenvalue weighted by molar-refractivity contribution is -0.141. The van der Waals surface area contributed by atoms with Crippen LogP contribution in [0.5, 0.6) is 0 Å². The third-order valence-electron chi connectivity index (χ3n) is 5.68. The average Bonchev–Trinajstić information content (AvgIpc) is 2.86. The highest BCUT2D eigenvalue weighted by atomic mass is 35.5. The minimum Gasteiger partial charge on any atom is -0.352 e. The van der Waals surface area contributed by atoms with Gasteiger partial charge in [0.15, 0.2) is 0 Å². The van der Waals surface area contributed by atoms with Crippen LogP contribution in [-0.4, -0.2) is 34.6 Å². The van der Waals surface area contributed by atoms with Gasteiger partial charge in [0.05, 0.1) is 0 Å². The van der Waals surface area contributed by atoms with Crippen molar-refractivity contribution in [3.63, 3.8) is 0 Å². The van der Waals surface area contributed by atoms with Crippen molar-refractivity contribution in [2.45, 2.75) is 56.6 Å². The van der Waals surface area contributed by atoms with E-state index >= 15 is 0 Å². The number of thioether (sulfide) groups is 1. The van der Waals surface area contributed by atoms with E-state index in [9.17, 15) is 9.59 Å². The first-order chi connectivity index (χ1) is 17.7. The SMILES string of the molecule is CC(C)NC(=O)[C@H](Cc1ccccc1)N(Cc1ccc(Cl)cc1Cl)C(=O)CCCSc1ccc(Cl)cc1. The molecule has 0 aliphatic rings. The molecule has 0 bridgehead atoms. The normalized spacial score (nSPS) is 11.8. The highest BCUT2D eigenvalue weighted by Crippen LogP contribution is 2.26. The number of amides is 2. The number of hydrogen-bond donors (Lipinski definition) is 1. The van der Waals surface area contributed by atoms with Gasteiger partial charge in [-0.1, -0.05) is 71.2 Å². The molecule has 196 valence electrons. The molecule has 3 aromatic carbocycles. The molecule has 0 saturated heterocycles. The van der Waals surface area contributed by atoms with Gasteiger partial charge in [-0.15, -0.1) is 11.8 Å². The predicted octanol–water partition coefficient (Wildman–Crippen LogP) is 7.68. The first-order valence-electron chi connectivity index (χ1n) is 12.2. The Kier molecular flexibility index (Phi) is 11.7. The quantitative estimate of drug-likeness (QED) is 0.177. The van der Waals surface area contributed by atoms with Crippen molar-refractivity contribution in [2.75, 3.05) is 5.75 Å². The van der Waals surface area contributed by atoms with E-state index in [0.29, 0.717) is 34.3 Å². The van der Waals surface area contributed by atoms with Gasteiger partial charge in [-0.05, 0) is 73.5 Å². The minimum atomic E-state index is -0.687. The zero-order valence-corrected chi connectivity index (χ0v) is 24.0. The van der Waals surface area contributed by atoms with E-state index in [1.165, 1.54) is 0 Å². The van der Waals surface area contributed by atoms with E-state index < -0.39 is 6.04 Å². The lowest BCUT2D eigenvalue weighted by Gasteiger charge is -2.32. The zero-order chi connectivity index (χ0) is 26.8. The Hall–Kier alpha value is -2.18. The molecule has 0 spiro atoms. The molecule has 0 saturated carbocycles. The van der Waals surface area contributed by atoms with Gasteiger partial charge >= 0.3 is 0 Å². The van der Waals surface area contributed by atoms with Crippen molar-refractivity contribution >= 4 is 58.4 Å². The van der Waals surface area contributed by atoms with Crippen molar-refractivity contribution in [2.24, 2.45) is 0 Å². The van der Waals surface area contributed by atoms with E-state index in [4.69, 9.17) is 34.8 Å². The molecule has 0 aliphatic heterocycles. The van der Waals surface area contributed by atoms with Gasteiger partial charge in [-0.3, -0.25) is 9.59 Å². The maximum atomic E-state index is 13.7. The van der Waals surface area contributed by atoms with Crippen molar-refractivity contribution < 1.29 is 9.59 Å². The zero-order valence-electron chi connectivity index (χ0n) is 20.9. The smallest absolute Gasteiger partial charge is 0.243 e. The molecule has 2 amide bonds. The van der Waals surface area contributed by atoms with Crippen molar-refractivity contribution in [1.29, 1.82) is 0 Å². The summed E-state index contributed by atoms with van der Waals surface area (Å²) < 4.78 is 0. The fraction of sp³-hybridized carbons (Fsp3) is 0.310. The molecule has 4 nitrogen and oxygen atoms in total. The Bertz CT molecular complexity index is 1170. The van der Waals surface area contributed by atoms with Crippen LogP contribution in [0.3, 0.4) is 0 Å². The highest BCUT2D eigenvalue weighted by Gasteiger charge is 2.30. The summed E-state index contributed by atoms with van der Waals surface area (Å²) in [6.45, 7) is 4.03. The molecule has 1 N–H and O–H groups in total. The summed E-state index contributed by atoms with van der Waals surface area (Å²) in [6.07, 6.45) is 1.38. The lowest BCUT2D eigenvalue weighted by Crippen LogP contribution is -2.51. The van der Waals surface area contributed by atoms with E-state index in [-0.39, 0.29) is 24.4 Å². The van der Waals surface area contributed by atoms with Gasteiger partial charge in [-0.2, -0.15) is 0 Å². The molecule has 0 aliphatic carbocycles. The number of carbonyl (C=O) groups excluding carboxylic acids is 2. The van der Waals surface area contributed by atoms with Gasteiger partial charge in [-0.25, -0.2) is 0 Å². The number of benzene rings is 3. The lowest BCUT2D eigenvalue weighted by atomic mass is 10.0. The summed E-state index contributed by atoms with van der Waals surface area (Å²) >= 11 is 20.2. The molecule has 3 aromatic rings. The number of hydrogen-bond acceptors (Lipinski definition) is 3. The van der Waals surface area contributed by atoms with E-state index in [1.807, 2.05) is 68.4 Å². The third kappa shape index (κ3) is 9.57. The van der Waals surface area contributed by atoms with Crippen molar-refractivity contribution in [3.05, 3.63) is 99.0 Å². The molecule has 1 atom stereocenters. The summed E-state index contributed by atoms with van der Waals surface area (Å²) in [7, 11) is 0. The number of rotatable bonds is 12. The molecular weight excluding hydrogens is 547 g/mol. The first kappa shape index (κ1) is 29.4. The van der Waals surface area contributed by atoms with Crippen LogP contribution in [0.4, 0.5) is 0 Å². The van der Waals surface area contributed by atoms with Crippen LogP contribution in [0.15, 0.2) is 77.7 Å². The van der Waals surface area contributed by atoms with Crippen LogP contribution >= 0.6 is 46.6 Å². The van der Waals surface area contributed by atoms with Crippen LogP contribution in [-0.2, 0) is 22.6 Å². The molecule has 0 heterocycles. The Morgan fingerprint density at radius 3 is 2.24 bits per heavy atom. The Morgan fingerprint density at radius 2 is 1.59 bits per heavy atom. The van der Waals surface area contributed by atoms with E-state index in [1.54, 1.807) is 34.9 Å². The second-order valence-electron chi connectivity index (χ2n) is 9.03. The van der Waals surface area contributed by atoms with Gasteiger partial charge in [0.1, 0.15) is 6.04 Å². The number of nitrogens with one attached hydrogen (secondary N) is 1. The second kappa shape index (κ2) is 14.7.